The second kappa shape index (κ2) is 9.72. The van der Waals surface area contributed by atoms with E-state index in [2.05, 4.69) is 10.6 Å². The fraction of sp³-hybridized carbons (Fsp3) is 0.0417. The highest BCUT2D eigenvalue weighted by Gasteiger charge is 2.34. The molecule has 0 radical (unpaired) electrons. The number of carbonyl (C=O) groups is 3. The minimum atomic E-state index is -0.626. The van der Waals surface area contributed by atoms with Gasteiger partial charge in [-0.05, 0) is 60.2 Å². The van der Waals surface area contributed by atoms with Crippen LogP contribution in [0.25, 0.3) is 6.08 Å². The molecule has 1 aliphatic heterocycles. The third-order valence-electron chi connectivity index (χ3n) is 4.56. The van der Waals surface area contributed by atoms with E-state index in [1.165, 1.54) is 0 Å². The smallest absolute Gasteiger partial charge is 0.325 e. The molecule has 0 saturated carbocycles. The number of amides is 4. The van der Waals surface area contributed by atoms with Crippen molar-refractivity contribution in [2.75, 3.05) is 11.9 Å². The molecule has 1 heterocycles. The Bertz CT molecular complexity index is 1180. The number of benzene rings is 3. The van der Waals surface area contributed by atoms with Gasteiger partial charge in [0.05, 0.1) is 0 Å². The van der Waals surface area contributed by atoms with Crippen LogP contribution in [-0.4, -0.2) is 29.3 Å². The highest BCUT2D eigenvalue weighted by atomic mass is 35.5. The Morgan fingerprint density at radius 2 is 1.56 bits per heavy atom. The van der Waals surface area contributed by atoms with E-state index in [0.717, 1.165) is 20.3 Å². The van der Waals surface area contributed by atoms with Crippen molar-refractivity contribution < 1.29 is 14.4 Å². The van der Waals surface area contributed by atoms with Gasteiger partial charge in [-0.2, -0.15) is 0 Å². The van der Waals surface area contributed by atoms with Crippen LogP contribution >= 0.6 is 23.4 Å². The number of nitrogens with zero attached hydrogens (tertiary/aromatic N) is 1. The van der Waals surface area contributed by atoms with E-state index < -0.39 is 17.8 Å². The van der Waals surface area contributed by atoms with E-state index in [0.29, 0.717) is 10.7 Å². The molecule has 2 N–H and O–H groups in total. The maximum Gasteiger partial charge on any atom is 0.329 e. The fourth-order valence-corrected chi connectivity index (χ4v) is 3.96. The first-order valence-corrected chi connectivity index (χ1v) is 10.9. The minimum Gasteiger partial charge on any atom is -0.325 e. The van der Waals surface area contributed by atoms with Crippen LogP contribution in [-0.2, 0) is 9.59 Å². The maximum absolute atomic E-state index is 12.6. The number of halogens is 1. The average Bonchev–Trinajstić information content (AvgIpc) is 3.04. The van der Waals surface area contributed by atoms with Crippen molar-refractivity contribution in [2.45, 2.75) is 9.79 Å². The van der Waals surface area contributed by atoms with Gasteiger partial charge in [0, 0.05) is 20.5 Å². The molecule has 4 amide bonds. The number of nitrogens with one attached hydrogen (secondary N) is 2. The van der Waals surface area contributed by atoms with Crippen LogP contribution in [0, 0.1) is 0 Å². The standard InChI is InChI=1S/C24H18ClN3O3S/c25-17-8-12-20(13-9-17)32-19-10-6-16(7-11-19)14-21-23(30)28(24(31)27-21)15-22(29)26-18-4-2-1-3-5-18/h1-14H,15H2,(H,26,29)(H,27,31)/b21-14-. The summed E-state index contributed by atoms with van der Waals surface area (Å²) < 4.78 is 0. The first-order valence-electron chi connectivity index (χ1n) is 9.71. The molecule has 1 saturated heterocycles. The Morgan fingerprint density at radius 1 is 0.938 bits per heavy atom. The van der Waals surface area contributed by atoms with Crippen molar-refractivity contribution in [1.29, 1.82) is 0 Å². The third-order valence-corrected chi connectivity index (χ3v) is 5.83. The molecule has 0 unspecified atom stereocenters. The van der Waals surface area contributed by atoms with E-state index >= 15 is 0 Å². The Labute approximate surface area is 194 Å². The molecule has 0 aromatic heterocycles. The van der Waals surface area contributed by atoms with Crippen molar-refractivity contribution in [1.82, 2.24) is 10.2 Å². The number of imide groups is 1. The predicted molar refractivity (Wildman–Crippen MR) is 125 cm³/mol. The summed E-state index contributed by atoms with van der Waals surface area (Å²) in [5, 5.41) is 5.88. The quantitative estimate of drug-likeness (QED) is 0.397. The van der Waals surface area contributed by atoms with Crippen LogP contribution in [0.1, 0.15) is 5.56 Å². The average molecular weight is 464 g/mol. The fourth-order valence-electron chi connectivity index (χ4n) is 3.02. The topological polar surface area (TPSA) is 78.5 Å². The van der Waals surface area contributed by atoms with Gasteiger partial charge < -0.3 is 10.6 Å². The third kappa shape index (κ3) is 5.38. The van der Waals surface area contributed by atoms with E-state index in [1.54, 1.807) is 42.1 Å². The summed E-state index contributed by atoms with van der Waals surface area (Å²) in [6.07, 6.45) is 1.59. The van der Waals surface area contributed by atoms with Crippen molar-refractivity contribution in [3.63, 3.8) is 0 Å². The lowest BCUT2D eigenvalue weighted by Gasteiger charge is -2.11. The van der Waals surface area contributed by atoms with Crippen LogP contribution in [0.5, 0.6) is 0 Å². The predicted octanol–water partition coefficient (Wildman–Crippen LogP) is 5.02. The molecule has 8 heteroatoms. The van der Waals surface area contributed by atoms with Crippen LogP contribution in [0.2, 0.25) is 5.02 Å². The lowest BCUT2D eigenvalue weighted by atomic mass is 10.2. The normalized spacial score (nSPS) is 14.5. The van der Waals surface area contributed by atoms with Gasteiger partial charge in [0.25, 0.3) is 5.91 Å². The minimum absolute atomic E-state index is 0.126. The molecular weight excluding hydrogens is 446 g/mol. The molecule has 32 heavy (non-hydrogen) atoms. The Hall–Kier alpha value is -3.55. The zero-order valence-corrected chi connectivity index (χ0v) is 18.3. The summed E-state index contributed by atoms with van der Waals surface area (Å²) in [5.74, 6) is -0.998. The van der Waals surface area contributed by atoms with Crippen LogP contribution < -0.4 is 10.6 Å². The van der Waals surface area contributed by atoms with Crippen molar-refractivity contribution in [2.24, 2.45) is 0 Å². The number of para-hydroxylation sites is 1. The molecule has 0 atom stereocenters. The van der Waals surface area contributed by atoms with Crippen LogP contribution in [0.15, 0.2) is 94.4 Å². The van der Waals surface area contributed by atoms with Crippen LogP contribution in [0.3, 0.4) is 0 Å². The summed E-state index contributed by atoms with van der Waals surface area (Å²) >= 11 is 7.50. The number of hydrogen-bond donors (Lipinski definition) is 2. The lowest BCUT2D eigenvalue weighted by molar-refractivity contribution is -0.127. The van der Waals surface area contributed by atoms with Crippen molar-refractivity contribution in [3.05, 3.63) is 95.1 Å². The zero-order valence-electron chi connectivity index (χ0n) is 16.7. The van der Waals surface area contributed by atoms with E-state index in [-0.39, 0.29) is 12.2 Å². The molecule has 160 valence electrons. The highest BCUT2D eigenvalue weighted by Crippen LogP contribution is 2.29. The first-order chi connectivity index (χ1) is 15.5. The molecule has 1 fully saturated rings. The van der Waals surface area contributed by atoms with E-state index in [9.17, 15) is 14.4 Å². The summed E-state index contributed by atoms with van der Waals surface area (Å²) in [5.41, 5.74) is 1.47. The molecule has 0 bridgehead atoms. The molecule has 0 spiro atoms. The first kappa shape index (κ1) is 21.7. The van der Waals surface area contributed by atoms with Gasteiger partial charge in [-0.25, -0.2) is 9.69 Å². The number of rotatable bonds is 6. The lowest BCUT2D eigenvalue weighted by Crippen LogP contribution is -2.38. The van der Waals surface area contributed by atoms with Gasteiger partial charge >= 0.3 is 6.03 Å². The van der Waals surface area contributed by atoms with E-state index in [4.69, 9.17) is 11.6 Å². The number of hydrogen-bond acceptors (Lipinski definition) is 4. The van der Waals surface area contributed by atoms with Crippen molar-refractivity contribution in [3.8, 4) is 0 Å². The monoisotopic (exact) mass is 463 g/mol. The molecule has 3 aromatic rings. The van der Waals surface area contributed by atoms with Crippen LogP contribution in [0.4, 0.5) is 10.5 Å². The SMILES string of the molecule is O=C(CN1C(=O)N/C(=C\c2ccc(Sc3ccc(Cl)cc3)cc2)C1=O)Nc1ccccc1. The van der Waals surface area contributed by atoms with Gasteiger partial charge in [-0.3, -0.25) is 9.59 Å². The number of anilines is 1. The Kier molecular flexibility index (Phi) is 6.58. The second-order valence-electron chi connectivity index (χ2n) is 6.92. The maximum atomic E-state index is 12.6. The zero-order chi connectivity index (χ0) is 22.5. The molecular formula is C24H18ClN3O3S. The summed E-state index contributed by atoms with van der Waals surface area (Å²) in [7, 11) is 0. The number of carbonyl (C=O) groups excluding carboxylic acids is 3. The molecule has 0 aliphatic carbocycles. The molecule has 1 aliphatic rings. The van der Waals surface area contributed by atoms with Crippen molar-refractivity contribution >= 4 is 53.0 Å². The number of urea groups is 1. The summed E-state index contributed by atoms with van der Waals surface area (Å²) in [4.78, 5) is 40.0. The Balaban J connectivity index is 1.39. The molecule has 3 aromatic carbocycles. The summed E-state index contributed by atoms with van der Waals surface area (Å²) in [6.45, 7) is -0.367. The Morgan fingerprint density at radius 3 is 2.22 bits per heavy atom. The van der Waals surface area contributed by atoms with Gasteiger partial charge in [0.15, 0.2) is 0 Å². The largest absolute Gasteiger partial charge is 0.329 e. The van der Waals surface area contributed by atoms with Gasteiger partial charge in [-0.1, -0.05) is 53.7 Å². The van der Waals surface area contributed by atoms with Gasteiger partial charge in [0.2, 0.25) is 5.91 Å². The van der Waals surface area contributed by atoms with Gasteiger partial charge in [0.1, 0.15) is 12.2 Å². The molecule has 6 nitrogen and oxygen atoms in total. The molecule has 4 rings (SSSR count). The van der Waals surface area contributed by atoms with Gasteiger partial charge in [-0.15, -0.1) is 0 Å². The van der Waals surface area contributed by atoms with E-state index in [1.807, 2.05) is 54.6 Å². The second-order valence-corrected chi connectivity index (χ2v) is 8.50. The summed E-state index contributed by atoms with van der Waals surface area (Å²) in [6, 6.07) is 23.3. The highest BCUT2D eigenvalue weighted by molar-refractivity contribution is 7.99.